The van der Waals surface area contributed by atoms with Crippen molar-refractivity contribution in [2.45, 2.75) is 25.7 Å². The molecule has 7 heteroatoms. The van der Waals surface area contributed by atoms with Crippen molar-refractivity contribution in [3.8, 4) is 5.75 Å². The normalized spacial score (nSPS) is 11.2. The summed E-state index contributed by atoms with van der Waals surface area (Å²) in [6, 6.07) is 8.32. The van der Waals surface area contributed by atoms with Gasteiger partial charge in [0.1, 0.15) is 10.6 Å². The van der Waals surface area contributed by atoms with E-state index in [1.807, 2.05) is 19.9 Å². The van der Waals surface area contributed by atoms with E-state index in [2.05, 4.69) is 0 Å². The van der Waals surface area contributed by atoms with E-state index in [4.69, 9.17) is 4.18 Å². The lowest BCUT2D eigenvalue weighted by molar-refractivity contribution is -0.385. The van der Waals surface area contributed by atoms with Gasteiger partial charge < -0.3 is 4.18 Å². The van der Waals surface area contributed by atoms with Crippen LogP contribution in [0.25, 0.3) is 0 Å². The van der Waals surface area contributed by atoms with E-state index >= 15 is 0 Å². The number of nitrogens with zero attached hydrogens (tertiary/aromatic N) is 1. The molecule has 0 unspecified atom stereocenters. The van der Waals surface area contributed by atoms with Crippen molar-refractivity contribution in [1.82, 2.24) is 0 Å². The second-order valence-electron chi connectivity index (χ2n) is 5.00. The molecule has 0 heterocycles. The second-order valence-corrected chi connectivity index (χ2v) is 6.54. The summed E-state index contributed by atoms with van der Waals surface area (Å²) in [6.45, 7) is 5.45. The highest BCUT2D eigenvalue weighted by atomic mass is 32.2. The largest absolute Gasteiger partial charge is 0.379 e. The number of nitro benzene ring substituents is 1. The van der Waals surface area contributed by atoms with E-state index < -0.39 is 15.0 Å². The second kappa shape index (κ2) is 5.76. The third-order valence-electron chi connectivity index (χ3n) is 3.28. The lowest BCUT2D eigenvalue weighted by Crippen LogP contribution is -2.11. The molecule has 0 spiro atoms. The number of hydrogen-bond donors (Lipinski definition) is 0. The molecule has 0 saturated carbocycles. The number of non-ortho nitro benzene ring substituents is 1. The molecular weight excluding hydrogens is 306 g/mol. The summed E-state index contributed by atoms with van der Waals surface area (Å²) in [5.74, 6) is 0.226. The maximum atomic E-state index is 12.3. The van der Waals surface area contributed by atoms with Crippen LogP contribution in [-0.2, 0) is 10.1 Å². The molecule has 116 valence electrons. The van der Waals surface area contributed by atoms with E-state index in [-0.39, 0.29) is 16.3 Å². The molecule has 2 aromatic carbocycles. The SMILES string of the molecule is Cc1cc(C)c(C)c(OS(=O)(=O)c2cccc([N+](=O)[O-])c2)c1. The average molecular weight is 321 g/mol. The standard InChI is InChI=1S/C15H15NO5S/c1-10-7-11(2)12(3)15(8-10)21-22(19,20)14-6-4-5-13(9-14)16(17)18/h4-9H,1-3H3. The van der Waals surface area contributed by atoms with Gasteiger partial charge in [-0.05, 0) is 49.6 Å². The van der Waals surface area contributed by atoms with Crippen molar-refractivity contribution in [2.75, 3.05) is 0 Å². The smallest absolute Gasteiger partial charge is 0.339 e. The molecule has 0 amide bonds. The van der Waals surface area contributed by atoms with E-state index in [1.165, 1.54) is 18.2 Å². The van der Waals surface area contributed by atoms with Gasteiger partial charge in [-0.1, -0.05) is 12.1 Å². The van der Waals surface area contributed by atoms with Crippen LogP contribution in [-0.4, -0.2) is 13.3 Å². The summed E-state index contributed by atoms with van der Waals surface area (Å²) in [7, 11) is -4.13. The highest BCUT2D eigenvalue weighted by Gasteiger charge is 2.21. The Morgan fingerprint density at radius 3 is 2.41 bits per heavy atom. The first kappa shape index (κ1) is 16.0. The van der Waals surface area contributed by atoms with E-state index in [0.29, 0.717) is 5.56 Å². The molecule has 0 N–H and O–H groups in total. The van der Waals surface area contributed by atoms with Crippen molar-refractivity contribution in [2.24, 2.45) is 0 Å². The number of hydrogen-bond acceptors (Lipinski definition) is 5. The fourth-order valence-corrected chi connectivity index (χ4v) is 3.02. The van der Waals surface area contributed by atoms with Gasteiger partial charge in [-0.15, -0.1) is 0 Å². The molecule has 6 nitrogen and oxygen atoms in total. The molecule has 0 saturated heterocycles. The molecule has 0 fully saturated rings. The van der Waals surface area contributed by atoms with Crippen LogP contribution in [0.5, 0.6) is 5.75 Å². The van der Waals surface area contributed by atoms with E-state index in [0.717, 1.165) is 17.2 Å². The van der Waals surface area contributed by atoms with Gasteiger partial charge in [0.25, 0.3) is 5.69 Å². The topological polar surface area (TPSA) is 86.5 Å². The summed E-state index contributed by atoms with van der Waals surface area (Å²) >= 11 is 0. The fourth-order valence-electron chi connectivity index (χ4n) is 2.01. The molecule has 0 atom stereocenters. The number of nitro groups is 1. The Kier molecular flexibility index (Phi) is 4.18. The van der Waals surface area contributed by atoms with Crippen LogP contribution in [0.1, 0.15) is 16.7 Å². The summed E-state index contributed by atoms with van der Waals surface area (Å²) in [5.41, 5.74) is 2.18. The minimum Gasteiger partial charge on any atom is -0.379 e. The molecule has 0 aliphatic carbocycles. The number of benzene rings is 2. The van der Waals surface area contributed by atoms with Crippen molar-refractivity contribution in [3.05, 3.63) is 63.2 Å². The van der Waals surface area contributed by atoms with E-state index in [1.54, 1.807) is 13.0 Å². The Hall–Kier alpha value is -2.41. The summed E-state index contributed by atoms with van der Waals surface area (Å²) in [5, 5.41) is 10.8. The molecule has 0 aliphatic rings. The fraction of sp³-hybridized carbons (Fsp3) is 0.200. The first-order valence-corrected chi connectivity index (χ1v) is 7.88. The molecule has 2 rings (SSSR count). The van der Waals surface area contributed by atoms with Crippen LogP contribution in [0.15, 0.2) is 41.3 Å². The first-order chi connectivity index (χ1) is 10.2. The number of aryl methyl sites for hydroxylation is 2. The van der Waals surface area contributed by atoms with Crippen LogP contribution < -0.4 is 4.18 Å². The maximum absolute atomic E-state index is 12.3. The van der Waals surface area contributed by atoms with Gasteiger partial charge in [-0.25, -0.2) is 0 Å². The first-order valence-electron chi connectivity index (χ1n) is 6.47. The van der Waals surface area contributed by atoms with Crippen molar-refractivity contribution in [1.29, 1.82) is 0 Å². The quantitative estimate of drug-likeness (QED) is 0.490. The third-order valence-corrected chi connectivity index (χ3v) is 4.51. The Morgan fingerprint density at radius 1 is 1.09 bits per heavy atom. The Balaban J connectivity index is 2.44. The van der Waals surface area contributed by atoms with Crippen molar-refractivity contribution < 1.29 is 17.5 Å². The van der Waals surface area contributed by atoms with Gasteiger partial charge in [0.15, 0.2) is 0 Å². The maximum Gasteiger partial charge on any atom is 0.339 e. The monoisotopic (exact) mass is 321 g/mol. The highest BCUT2D eigenvalue weighted by Crippen LogP contribution is 2.27. The van der Waals surface area contributed by atoms with Crippen LogP contribution in [0.3, 0.4) is 0 Å². The van der Waals surface area contributed by atoms with Gasteiger partial charge in [0.05, 0.1) is 4.92 Å². The van der Waals surface area contributed by atoms with Gasteiger partial charge >= 0.3 is 10.1 Å². The highest BCUT2D eigenvalue weighted by molar-refractivity contribution is 7.87. The Labute approximate surface area is 128 Å². The zero-order chi connectivity index (χ0) is 16.5. The van der Waals surface area contributed by atoms with E-state index in [9.17, 15) is 18.5 Å². The minimum atomic E-state index is -4.13. The van der Waals surface area contributed by atoms with Gasteiger partial charge in [-0.3, -0.25) is 10.1 Å². The van der Waals surface area contributed by atoms with Gasteiger partial charge in [0, 0.05) is 12.1 Å². The molecule has 0 bridgehead atoms. The van der Waals surface area contributed by atoms with Crippen molar-refractivity contribution >= 4 is 15.8 Å². The van der Waals surface area contributed by atoms with Crippen molar-refractivity contribution in [3.63, 3.8) is 0 Å². The molecule has 0 aliphatic heterocycles. The predicted octanol–water partition coefficient (Wildman–Crippen LogP) is 3.29. The molecule has 2 aromatic rings. The van der Waals surface area contributed by atoms with Crippen LogP contribution in [0.4, 0.5) is 5.69 Å². The molecule has 0 aromatic heterocycles. The third kappa shape index (κ3) is 3.25. The van der Waals surface area contributed by atoms with Gasteiger partial charge in [0.2, 0.25) is 0 Å². The molecule has 0 radical (unpaired) electrons. The lowest BCUT2D eigenvalue weighted by Gasteiger charge is -2.12. The lowest BCUT2D eigenvalue weighted by atomic mass is 10.1. The zero-order valence-corrected chi connectivity index (χ0v) is 13.2. The van der Waals surface area contributed by atoms with Gasteiger partial charge in [-0.2, -0.15) is 8.42 Å². The predicted molar refractivity (Wildman–Crippen MR) is 81.6 cm³/mol. The van der Waals surface area contributed by atoms with Crippen LogP contribution in [0, 0.1) is 30.9 Å². The summed E-state index contributed by atoms with van der Waals surface area (Å²) < 4.78 is 29.8. The summed E-state index contributed by atoms with van der Waals surface area (Å²) in [4.78, 5) is 9.85. The van der Waals surface area contributed by atoms with Crippen LogP contribution >= 0.6 is 0 Å². The average Bonchev–Trinajstić information content (AvgIpc) is 2.44. The van der Waals surface area contributed by atoms with Crippen LogP contribution in [0.2, 0.25) is 0 Å². The Bertz CT molecular complexity index is 843. The Morgan fingerprint density at radius 2 is 1.77 bits per heavy atom. The zero-order valence-electron chi connectivity index (χ0n) is 12.4. The number of rotatable bonds is 4. The minimum absolute atomic E-state index is 0.226. The molecular formula is C15H15NO5S. The molecule has 22 heavy (non-hydrogen) atoms. The summed E-state index contributed by atoms with van der Waals surface area (Å²) in [6.07, 6.45) is 0.